The summed E-state index contributed by atoms with van der Waals surface area (Å²) < 4.78 is 15.8. The summed E-state index contributed by atoms with van der Waals surface area (Å²) >= 11 is 2.07. The maximum atomic E-state index is 11.8. The number of ether oxygens (including phenoxy) is 3. The Balaban J connectivity index is 2.30. The van der Waals surface area contributed by atoms with Crippen LogP contribution in [0, 0.1) is 8.61 Å². The first-order chi connectivity index (χ1) is 13.5. The van der Waals surface area contributed by atoms with E-state index in [0.29, 0.717) is 39.6 Å². The van der Waals surface area contributed by atoms with Crippen LogP contribution in [0.3, 0.4) is 0 Å². The summed E-state index contributed by atoms with van der Waals surface area (Å²) in [5.74, 6) is 0.702. The van der Waals surface area contributed by atoms with Gasteiger partial charge in [0.1, 0.15) is 21.0 Å². The van der Waals surface area contributed by atoms with Crippen LogP contribution in [0.1, 0.15) is 17.0 Å². The highest BCUT2D eigenvalue weighted by Gasteiger charge is 2.18. The van der Waals surface area contributed by atoms with Gasteiger partial charge in [-0.25, -0.2) is 9.97 Å². The minimum atomic E-state index is -0.467. The summed E-state index contributed by atoms with van der Waals surface area (Å²) in [7, 11) is 4.41. The highest BCUT2D eigenvalue weighted by Crippen LogP contribution is 2.22. The zero-order valence-corrected chi connectivity index (χ0v) is 17.9. The van der Waals surface area contributed by atoms with Gasteiger partial charge in [-0.05, 0) is 45.5 Å². The number of nitrogens with one attached hydrogen (secondary N) is 1. The van der Waals surface area contributed by atoms with Crippen LogP contribution < -0.4 is 5.32 Å². The van der Waals surface area contributed by atoms with Crippen LogP contribution >= 0.6 is 22.6 Å². The van der Waals surface area contributed by atoms with Gasteiger partial charge in [-0.2, -0.15) is 0 Å². The van der Waals surface area contributed by atoms with E-state index in [1.165, 1.54) is 21.3 Å². The number of carbonyl (C=O) groups is 1. The van der Waals surface area contributed by atoms with E-state index < -0.39 is 6.29 Å². The van der Waals surface area contributed by atoms with Crippen molar-refractivity contribution in [3.63, 3.8) is 0 Å². The minimum Gasteiger partial charge on any atom is -0.469 e. The quantitative estimate of drug-likeness (QED) is 0.174. The molecule has 150 valence electrons. The van der Waals surface area contributed by atoms with Crippen molar-refractivity contribution >= 4 is 40.1 Å². The first-order valence-corrected chi connectivity index (χ1v) is 9.42. The van der Waals surface area contributed by atoms with E-state index in [2.05, 4.69) is 43.1 Å². The Morgan fingerprint density at radius 1 is 1.18 bits per heavy atom. The molecule has 0 aliphatic heterocycles. The number of aromatic nitrogens is 2. The van der Waals surface area contributed by atoms with E-state index in [9.17, 15) is 9.70 Å². The molecule has 2 aromatic rings. The van der Waals surface area contributed by atoms with Gasteiger partial charge in [0.25, 0.3) is 0 Å². The average molecular weight is 500 g/mol. The van der Waals surface area contributed by atoms with Crippen molar-refractivity contribution in [3.05, 3.63) is 49.8 Å². The molecule has 0 amide bonds. The number of carbonyl (C=O) groups excluding carboxylic acids is 1. The number of anilines is 1. The van der Waals surface area contributed by atoms with Crippen molar-refractivity contribution in [1.82, 2.24) is 9.97 Å². The van der Waals surface area contributed by atoms with Gasteiger partial charge in [-0.1, -0.05) is 12.1 Å². The van der Waals surface area contributed by atoms with Crippen LogP contribution in [0.25, 0.3) is 0 Å². The van der Waals surface area contributed by atoms with Gasteiger partial charge in [-0.3, -0.25) is 4.79 Å². The van der Waals surface area contributed by atoms with Gasteiger partial charge in [0.15, 0.2) is 6.29 Å². The Kier molecular flexibility index (Phi) is 8.67. The molecule has 10 heteroatoms. The van der Waals surface area contributed by atoms with Crippen molar-refractivity contribution in [1.29, 1.82) is 0 Å². The number of hydrogen-bond acceptors (Lipinski definition) is 9. The Labute approximate surface area is 176 Å². The van der Waals surface area contributed by atoms with Crippen LogP contribution in [0.15, 0.2) is 29.4 Å². The summed E-state index contributed by atoms with van der Waals surface area (Å²) in [5, 5.41) is 6.05. The second-order valence-corrected chi connectivity index (χ2v) is 6.75. The average Bonchev–Trinajstić information content (AvgIpc) is 2.71. The topological polar surface area (TPSA) is 112 Å². The van der Waals surface area contributed by atoms with Crippen molar-refractivity contribution in [2.75, 3.05) is 33.2 Å². The summed E-state index contributed by atoms with van der Waals surface area (Å²) in [6.07, 6.45) is 0.0348. The smallest absolute Gasteiger partial charge is 0.310 e. The molecule has 1 N–H and O–H groups in total. The van der Waals surface area contributed by atoms with Gasteiger partial charge in [-0.15, -0.1) is 4.91 Å². The van der Waals surface area contributed by atoms with E-state index in [0.717, 1.165) is 5.56 Å². The Morgan fingerprint density at radius 3 is 2.43 bits per heavy atom. The molecular formula is C18H21IN4O5. The molecule has 0 bridgehead atoms. The number of nitroso groups, excluding NO2 is 1. The summed E-state index contributed by atoms with van der Waals surface area (Å²) in [4.78, 5) is 31.4. The second kappa shape index (κ2) is 11.0. The lowest BCUT2D eigenvalue weighted by atomic mass is 10.1. The van der Waals surface area contributed by atoms with Crippen LogP contribution in [0.2, 0.25) is 0 Å². The highest BCUT2D eigenvalue weighted by molar-refractivity contribution is 14.1. The number of rotatable bonds is 10. The predicted octanol–water partition coefficient (Wildman–Crippen LogP) is 2.82. The molecule has 0 saturated heterocycles. The molecule has 1 aromatic carbocycles. The monoisotopic (exact) mass is 500 g/mol. The van der Waals surface area contributed by atoms with Crippen molar-refractivity contribution in [3.8, 4) is 0 Å². The lowest BCUT2D eigenvalue weighted by molar-refractivity contribution is -0.139. The first kappa shape index (κ1) is 22.1. The van der Waals surface area contributed by atoms with Crippen LogP contribution in [0.4, 0.5) is 11.5 Å². The fraction of sp³-hybridized carbons (Fsp3) is 0.389. The van der Waals surface area contributed by atoms with Gasteiger partial charge in [0.2, 0.25) is 0 Å². The summed E-state index contributed by atoms with van der Waals surface area (Å²) in [6, 6.07) is 6.88. The summed E-state index contributed by atoms with van der Waals surface area (Å²) in [5.41, 5.74) is 1.93. The fourth-order valence-corrected chi connectivity index (χ4v) is 3.12. The van der Waals surface area contributed by atoms with Gasteiger partial charge >= 0.3 is 5.97 Å². The molecule has 2 rings (SSSR count). The number of methoxy groups -OCH3 is 3. The van der Waals surface area contributed by atoms with Crippen LogP contribution in [0.5, 0.6) is 0 Å². The molecule has 0 unspecified atom stereocenters. The van der Waals surface area contributed by atoms with Crippen molar-refractivity contribution < 1.29 is 19.0 Å². The van der Waals surface area contributed by atoms with Crippen LogP contribution in [-0.2, 0) is 31.8 Å². The van der Waals surface area contributed by atoms with E-state index in [4.69, 9.17) is 14.2 Å². The number of halogens is 1. The third-order valence-electron chi connectivity index (χ3n) is 3.92. The molecule has 1 heterocycles. The Hall–Kier alpha value is -2.18. The molecule has 28 heavy (non-hydrogen) atoms. The van der Waals surface area contributed by atoms with E-state index in [-0.39, 0.29) is 12.4 Å². The van der Waals surface area contributed by atoms with Gasteiger partial charge < -0.3 is 19.5 Å². The summed E-state index contributed by atoms with van der Waals surface area (Å²) in [6.45, 7) is 0.341. The molecular weight excluding hydrogens is 479 g/mol. The van der Waals surface area contributed by atoms with E-state index in [1.807, 2.05) is 0 Å². The fourth-order valence-electron chi connectivity index (χ4n) is 2.40. The van der Waals surface area contributed by atoms with Crippen molar-refractivity contribution in [2.24, 2.45) is 5.18 Å². The standard InChI is InChI=1S/C18H21IN4O5/c1-26-15(24)9-13-17(19)21-14(8-11-4-6-12(23-25)7-5-11)22-18(13)20-10-16(27-2)28-3/h4-7,16H,8-10H2,1-3H3,(H,20,21,22). The Bertz CT molecular complexity index is 812. The zero-order valence-electron chi connectivity index (χ0n) is 15.8. The Morgan fingerprint density at radius 2 is 1.86 bits per heavy atom. The van der Waals surface area contributed by atoms with E-state index >= 15 is 0 Å². The van der Waals surface area contributed by atoms with Crippen LogP contribution in [-0.4, -0.2) is 50.1 Å². The van der Waals surface area contributed by atoms with Gasteiger partial charge in [0.05, 0.1) is 20.1 Å². The lowest BCUT2D eigenvalue weighted by Gasteiger charge is -2.17. The maximum absolute atomic E-state index is 11.8. The molecule has 0 saturated carbocycles. The zero-order chi connectivity index (χ0) is 20.5. The second-order valence-electron chi connectivity index (χ2n) is 5.73. The third-order valence-corrected chi connectivity index (χ3v) is 4.81. The molecule has 1 aromatic heterocycles. The minimum absolute atomic E-state index is 0.0434. The number of benzene rings is 1. The van der Waals surface area contributed by atoms with E-state index in [1.54, 1.807) is 24.3 Å². The van der Waals surface area contributed by atoms with Crippen molar-refractivity contribution in [2.45, 2.75) is 19.1 Å². The first-order valence-electron chi connectivity index (χ1n) is 8.34. The SMILES string of the molecule is COC(=O)Cc1c(I)nc(Cc2ccc(N=O)cc2)nc1NCC(OC)OC. The molecule has 0 aliphatic rings. The largest absolute Gasteiger partial charge is 0.469 e. The highest BCUT2D eigenvalue weighted by atomic mass is 127. The molecule has 9 nitrogen and oxygen atoms in total. The third kappa shape index (κ3) is 6.17. The van der Waals surface area contributed by atoms with Gasteiger partial charge in [0, 0.05) is 26.2 Å². The molecule has 0 aliphatic carbocycles. The number of nitrogens with zero attached hydrogens (tertiary/aromatic N) is 3. The normalized spacial score (nSPS) is 10.8. The molecule has 0 radical (unpaired) electrons. The number of esters is 1. The lowest BCUT2D eigenvalue weighted by Crippen LogP contribution is -2.25. The predicted molar refractivity (Wildman–Crippen MR) is 111 cm³/mol. The molecule has 0 atom stereocenters. The maximum Gasteiger partial charge on any atom is 0.310 e. The molecule has 0 fully saturated rings. The number of hydrogen-bond donors (Lipinski definition) is 1. The molecule has 0 spiro atoms.